The molecule has 1 aliphatic rings. The second-order valence-corrected chi connectivity index (χ2v) is 4.65. The van der Waals surface area contributed by atoms with Crippen molar-refractivity contribution in [1.29, 1.82) is 0 Å². The van der Waals surface area contributed by atoms with Crippen LogP contribution in [0.3, 0.4) is 0 Å². The maximum absolute atomic E-state index is 11.8. The van der Waals surface area contributed by atoms with E-state index in [0.717, 1.165) is 45.4 Å². The quantitative estimate of drug-likeness (QED) is 0.704. The molecule has 0 radical (unpaired) electrons. The van der Waals surface area contributed by atoms with Crippen LogP contribution in [0.4, 0.5) is 0 Å². The second-order valence-electron chi connectivity index (χ2n) is 4.65. The fourth-order valence-electron chi connectivity index (χ4n) is 2.15. The van der Waals surface area contributed by atoms with Crippen molar-refractivity contribution in [3.05, 3.63) is 0 Å². The van der Waals surface area contributed by atoms with E-state index in [0.29, 0.717) is 5.91 Å². The lowest BCUT2D eigenvalue weighted by molar-refractivity contribution is -0.131. The molecule has 16 heavy (non-hydrogen) atoms. The highest BCUT2D eigenvalue weighted by molar-refractivity contribution is 5.76. The van der Waals surface area contributed by atoms with Crippen molar-refractivity contribution in [3.63, 3.8) is 0 Å². The number of carbonyl (C=O) groups excluding carboxylic acids is 1. The van der Waals surface area contributed by atoms with Crippen molar-refractivity contribution in [2.75, 3.05) is 26.2 Å². The molecule has 0 aromatic carbocycles. The molecule has 1 rings (SSSR count). The standard InChI is InChI=1S/C13H26N2O/c1-2-9-14-10-7-12-15-11-6-4-3-5-8-13(15)16/h14H,2-12H2,1H3. The lowest BCUT2D eigenvalue weighted by atomic mass is 10.1. The van der Waals surface area contributed by atoms with Crippen molar-refractivity contribution in [3.8, 4) is 0 Å². The van der Waals surface area contributed by atoms with E-state index in [1.54, 1.807) is 0 Å². The number of rotatable bonds is 6. The van der Waals surface area contributed by atoms with E-state index >= 15 is 0 Å². The summed E-state index contributed by atoms with van der Waals surface area (Å²) in [5.74, 6) is 0.371. The Bertz CT molecular complexity index is 194. The molecule has 0 aliphatic carbocycles. The Morgan fingerprint density at radius 3 is 2.81 bits per heavy atom. The zero-order chi connectivity index (χ0) is 11.6. The molecule has 1 aliphatic heterocycles. The third-order valence-electron chi connectivity index (χ3n) is 3.13. The summed E-state index contributed by atoms with van der Waals surface area (Å²) in [6, 6.07) is 0. The summed E-state index contributed by atoms with van der Waals surface area (Å²) < 4.78 is 0. The average molecular weight is 226 g/mol. The van der Waals surface area contributed by atoms with Gasteiger partial charge in [0.05, 0.1) is 0 Å². The van der Waals surface area contributed by atoms with E-state index in [4.69, 9.17) is 0 Å². The third-order valence-corrected chi connectivity index (χ3v) is 3.13. The first kappa shape index (κ1) is 13.5. The van der Waals surface area contributed by atoms with Gasteiger partial charge in [-0.25, -0.2) is 0 Å². The number of likely N-dealkylation sites (tertiary alicyclic amines) is 1. The Morgan fingerprint density at radius 2 is 2.00 bits per heavy atom. The molecule has 1 N–H and O–H groups in total. The highest BCUT2D eigenvalue weighted by Crippen LogP contribution is 2.11. The van der Waals surface area contributed by atoms with Gasteiger partial charge in [0, 0.05) is 19.5 Å². The van der Waals surface area contributed by atoms with Crippen molar-refractivity contribution in [1.82, 2.24) is 10.2 Å². The van der Waals surface area contributed by atoms with Gasteiger partial charge in [-0.2, -0.15) is 0 Å². The van der Waals surface area contributed by atoms with Gasteiger partial charge in [-0.05, 0) is 38.8 Å². The largest absolute Gasteiger partial charge is 0.343 e. The molecule has 0 saturated carbocycles. The van der Waals surface area contributed by atoms with Crippen LogP contribution >= 0.6 is 0 Å². The van der Waals surface area contributed by atoms with E-state index in [9.17, 15) is 4.79 Å². The van der Waals surface area contributed by atoms with Gasteiger partial charge in [-0.15, -0.1) is 0 Å². The second kappa shape index (κ2) is 8.57. The molecule has 0 atom stereocenters. The molecule has 0 unspecified atom stereocenters. The minimum absolute atomic E-state index is 0.371. The Hall–Kier alpha value is -0.570. The molecule has 0 aromatic heterocycles. The molecule has 3 nitrogen and oxygen atoms in total. The van der Waals surface area contributed by atoms with Crippen LogP contribution in [0.25, 0.3) is 0 Å². The predicted molar refractivity (Wildman–Crippen MR) is 67.4 cm³/mol. The van der Waals surface area contributed by atoms with E-state index in [1.165, 1.54) is 25.7 Å². The highest BCUT2D eigenvalue weighted by atomic mass is 16.2. The maximum Gasteiger partial charge on any atom is 0.222 e. The monoisotopic (exact) mass is 226 g/mol. The first-order chi connectivity index (χ1) is 7.84. The van der Waals surface area contributed by atoms with Gasteiger partial charge in [0.15, 0.2) is 0 Å². The van der Waals surface area contributed by atoms with Crippen molar-refractivity contribution in [2.45, 2.75) is 51.9 Å². The van der Waals surface area contributed by atoms with Crippen LogP contribution in [0.1, 0.15) is 51.9 Å². The van der Waals surface area contributed by atoms with Gasteiger partial charge in [0.25, 0.3) is 0 Å². The maximum atomic E-state index is 11.8. The molecule has 1 saturated heterocycles. The summed E-state index contributed by atoms with van der Waals surface area (Å²) in [5, 5.41) is 3.38. The molecule has 0 spiro atoms. The summed E-state index contributed by atoms with van der Waals surface area (Å²) >= 11 is 0. The van der Waals surface area contributed by atoms with Gasteiger partial charge in [0.2, 0.25) is 5.91 Å². The summed E-state index contributed by atoms with van der Waals surface area (Å²) in [7, 11) is 0. The van der Waals surface area contributed by atoms with Crippen molar-refractivity contribution >= 4 is 5.91 Å². The molecule has 0 bridgehead atoms. The number of nitrogens with zero attached hydrogens (tertiary/aromatic N) is 1. The van der Waals surface area contributed by atoms with Crippen LogP contribution in [-0.4, -0.2) is 37.0 Å². The zero-order valence-corrected chi connectivity index (χ0v) is 10.6. The Labute approximate surface area is 99.6 Å². The number of hydrogen-bond donors (Lipinski definition) is 1. The predicted octanol–water partition coefficient (Wildman–Crippen LogP) is 2.17. The zero-order valence-electron chi connectivity index (χ0n) is 10.6. The summed E-state index contributed by atoms with van der Waals surface area (Å²) in [6.07, 6.45) is 7.84. The number of amides is 1. The van der Waals surface area contributed by atoms with Crippen LogP contribution in [-0.2, 0) is 4.79 Å². The van der Waals surface area contributed by atoms with Crippen LogP contribution in [0, 0.1) is 0 Å². The Morgan fingerprint density at radius 1 is 1.19 bits per heavy atom. The summed E-state index contributed by atoms with van der Waals surface area (Å²) in [4.78, 5) is 13.9. The van der Waals surface area contributed by atoms with Crippen LogP contribution in [0.5, 0.6) is 0 Å². The summed E-state index contributed by atoms with van der Waals surface area (Å²) in [5.41, 5.74) is 0. The van der Waals surface area contributed by atoms with Gasteiger partial charge in [0.1, 0.15) is 0 Å². The number of carbonyl (C=O) groups is 1. The van der Waals surface area contributed by atoms with E-state index in [2.05, 4.69) is 17.1 Å². The lowest BCUT2D eigenvalue weighted by Crippen LogP contribution is -2.35. The van der Waals surface area contributed by atoms with Crippen LogP contribution in [0.15, 0.2) is 0 Å². The molecule has 0 aromatic rings. The summed E-state index contributed by atoms with van der Waals surface area (Å²) in [6.45, 7) is 6.22. The third kappa shape index (κ3) is 5.50. The normalized spacial score (nSPS) is 18.3. The number of nitrogens with one attached hydrogen (secondary N) is 1. The molecule has 94 valence electrons. The van der Waals surface area contributed by atoms with E-state index < -0.39 is 0 Å². The first-order valence-corrected chi connectivity index (χ1v) is 6.83. The van der Waals surface area contributed by atoms with Crippen molar-refractivity contribution in [2.24, 2.45) is 0 Å². The van der Waals surface area contributed by atoms with Gasteiger partial charge >= 0.3 is 0 Å². The van der Waals surface area contributed by atoms with Crippen LogP contribution < -0.4 is 5.32 Å². The fraction of sp³-hybridized carbons (Fsp3) is 0.923. The van der Waals surface area contributed by atoms with Gasteiger partial charge in [-0.1, -0.05) is 19.8 Å². The first-order valence-electron chi connectivity index (χ1n) is 6.83. The lowest BCUT2D eigenvalue weighted by Gasteiger charge is -2.24. The molecule has 3 heteroatoms. The Balaban J connectivity index is 2.14. The van der Waals surface area contributed by atoms with Crippen molar-refractivity contribution < 1.29 is 4.79 Å². The average Bonchev–Trinajstić information content (AvgIpc) is 2.27. The molecule has 1 fully saturated rings. The molecule has 1 amide bonds. The minimum Gasteiger partial charge on any atom is -0.343 e. The van der Waals surface area contributed by atoms with E-state index in [-0.39, 0.29) is 0 Å². The number of hydrogen-bond acceptors (Lipinski definition) is 2. The fourth-order valence-corrected chi connectivity index (χ4v) is 2.15. The topological polar surface area (TPSA) is 32.3 Å². The van der Waals surface area contributed by atoms with Crippen LogP contribution in [0.2, 0.25) is 0 Å². The minimum atomic E-state index is 0.371. The molecular formula is C13H26N2O. The highest BCUT2D eigenvalue weighted by Gasteiger charge is 2.14. The van der Waals surface area contributed by atoms with E-state index in [1.807, 2.05) is 0 Å². The van der Waals surface area contributed by atoms with Gasteiger partial charge < -0.3 is 10.2 Å². The van der Waals surface area contributed by atoms with Gasteiger partial charge in [-0.3, -0.25) is 4.79 Å². The Kier molecular flexibility index (Phi) is 7.23. The molecule has 1 heterocycles. The SMILES string of the molecule is CCCNCCCN1CCCCCCC1=O. The molecular weight excluding hydrogens is 200 g/mol. The smallest absolute Gasteiger partial charge is 0.222 e.